The first-order chi connectivity index (χ1) is 8.61. The van der Waals surface area contributed by atoms with Gasteiger partial charge in [-0.15, -0.1) is 0 Å². The van der Waals surface area contributed by atoms with Crippen LogP contribution in [0.1, 0.15) is 23.8 Å². The van der Waals surface area contributed by atoms with Gasteiger partial charge in [0, 0.05) is 12.6 Å². The highest BCUT2D eigenvalue weighted by Gasteiger charge is 2.24. The molecule has 1 aromatic rings. The number of carboxylic acids is 1. The average Bonchev–Trinajstić information content (AvgIpc) is 2.38. The van der Waals surface area contributed by atoms with Gasteiger partial charge in [-0.05, 0) is 18.0 Å². The van der Waals surface area contributed by atoms with Gasteiger partial charge in [-0.3, -0.25) is 0 Å². The summed E-state index contributed by atoms with van der Waals surface area (Å²) in [5.74, 6) is -0.565. The van der Waals surface area contributed by atoms with E-state index >= 15 is 0 Å². The number of nitrogens with zero attached hydrogens (tertiary/aromatic N) is 3. The van der Waals surface area contributed by atoms with Crippen LogP contribution in [-0.4, -0.2) is 46.8 Å². The maximum Gasteiger partial charge on any atom is 0.354 e. The van der Waals surface area contributed by atoms with E-state index in [0.29, 0.717) is 25.6 Å². The van der Waals surface area contributed by atoms with E-state index in [9.17, 15) is 4.79 Å². The van der Waals surface area contributed by atoms with Crippen LogP contribution in [0.25, 0.3) is 0 Å². The minimum atomic E-state index is -1.11. The Morgan fingerprint density at radius 3 is 3.11 bits per heavy atom. The zero-order valence-corrected chi connectivity index (χ0v) is 10.7. The summed E-state index contributed by atoms with van der Waals surface area (Å²) in [7, 11) is 0. The number of hydrogen-bond donors (Lipinski definition) is 1. The van der Waals surface area contributed by atoms with Crippen LogP contribution in [0.2, 0.25) is 5.28 Å². The molecule has 0 aliphatic carbocycles. The Balaban J connectivity index is 2.33. The molecule has 0 unspecified atom stereocenters. The molecule has 0 bridgehead atoms. The molecule has 7 heteroatoms. The number of hydrogen-bond acceptors (Lipinski definition) is 5. The largest absolute Gasteiger partial charge is 0.477 e. The summed E-state index contributed by atoms with van der Waals surface area (Å²) in [6, 6.07) is 1.63. The second kappa shape index (κ2) is 5.49. The fraction of sp³-hybridized carbons (Fsp3) is 0.545. The van der Waals surface area contributed by atoms with Gasteiger partial charge in [0.05, 0.1) is 19.3 Å². The van der Waals surface area contributed by atoms with Crippen LogP contribution in [0.15, 0.2) is 6.07 Å². The van der Waals surface area contributed by atoms with E-state index in [1.165, 1.54) is 6.07 Å². The van der Waals surface area contributed by atoms with Crippen LogP contribution in [0, 0.1) is 0 Å². The van der Waals surface area contributed by atoms with Crippen LogP contribution in [0.3, 0.4) is 0 Å². The van der Waals surface area contributed by atoms with Gasteiger partial charge in [-0.25, -0.2) is 14.8 Å². The van der Waals surface area contributed by atoms with Crippen molar-refractivity contribution in [1.82, 2.24) is 9.97 Å². The Morgan fingerprint density at radius 2 is 2.44 bits per heavy atom. The predicted molar refractivity (Wildman–Crippen MR) is 66.2 cm³/mol. The number of carboxylic acid groups (broad SMARTS) is 1. The summed E-state index contributed by atoms with van der Waals surface area (Å²) >= 11 is 5.76. The van der Waals surface area contributed by atoms with Gasteiger partial charge in [0.1, 0.15) is 5.82 Å². The van der Waals surface area contributed by atoms with Crippen LogP contribution < -0.4 is 4.90 Å². The van der Waals surface area contributed by atoms with Crippen molar-refractivity contribution in [3.63, 3.8) is 0 Å². The molecule has 1 aliphatic rings. The van der Waals surface area contributed by atoms with E-state index in [0.717, 1.165) is 6.42 Å². The molecule has 0 radical (unpaired) electrons. The van der Waals surface area contributed by atoms with E-state index in [1.54, 1.807) is 0 Å². The number of ether oxygens (including phenoxy) is 1. The van der Waals surface area contributed by atoms with Gasteiger partial charge in [0.15, 0.2) is 5.69 Å². The zero-order valence-electron chi connectivity index (χ0n) is 9.97. The normalized spacial score (nSPS) is 19.9. The van der Waals surface area contributed by atoms with Gasteiger partial charge in [0.25, 0.3) is 0 Å². The fourth-order valence-corrected chi connectivity index (χ4v) is 2.13. The van der Waals surface area contributed by atoms with Crippen LogP contribution in [0.5, 0.6) is 0 Å². The molecule has 0 saturated carbocycles. The first kappa shape index (κ1) is 13.0. The van der Waals surface area contributed by atoms with Gasteiger partial charge in [0.2, 0.25) is 5.28 Å². The molecule has 1 fully saturated rings. The average molecular weight is 272 g/mol. The molecule has 0 amide bonds. The topological polar surface area (TPSA) is 75.5 Å². The van der Waals surface area contributed by atoms with Crippen molar-refractivity contribution in [1.29, 1.82) is 0 Å². The molecule has 0 aromatic carbocycles. The number of halogens is 1. The molecule has 18 heavy (non-hydrogen) atoms. The maximum absolute atomic E-state index is 10.9. The van der Waals surface area contributed by atoms with Crippen molar-refractivity contribution in [3.8, 4) is 0 Å². The van der Waals surface area contributed by atoms with E-state index in [1.807, 2.05) is 11.8 Å². The van der Waals surface area contributed by atoms with Crippen LogP contribution >= 0.6 is 11.6 Å². The molecule has 1 aliphatic heterocycles. The van der Waals surface area contributed by atoms with Crippen molar-refractivity contribution in [2.24, 2.45) is 0 Å². The highest BCUT2D eigenvalue weighted by molar-refractivity contribution is 6.28. The third-order valence-corrected chi connectivity index (χ3v) is 3.07. The summed E-state index contributed by atoms with van der Waals surface area (Å²) in [4.78, 5) is 20.7. The Hall–Kier alpha value is -1.40. The van der Waals surface area contributed by atoms with Gasteiger partial charge in [-0.2, -0.15) is 0 Å². The van der Waals surface area contributed by atoms with Crippen LogP contribution in [-0.2, 0) is 4.74 Å². The van der Waals surface area contributed by atoms with Crippen molar-refractivity contribution in [3.05, 3.63) is 17.0 Å². The molecule has 0 spiro atoms. The van der Waals surface area contributed by atoms with E-state index in [2.05, 4.69) is 9.97 Å². The summed E-state index contributed by atoms with van der Waals surface area (Å²) in [5, 5.41) is 8.91. The second-order valence-corrected chi connectivity index (χ2v) is 4.35. The quantitative estimate of drug-likeness (QED) is 0.839. The lowest BCUT2D eigenvalue weighted by atomic mass is 10.1. The Bertz CT molecular complexity index is 455. The minimum Gasteiger partial charge on any atom is -0.477 e. The van der Waals surface area contributed by atoms with Crippen molar-refractivity contribution < 1.29 is 14.6 Å². The molecular weight excluding hydrogens is 258 g/mol. The van der Waals surface area contributed by atoms with Crippen LogP contribution in [0.4, 0.5) is 5.82 Å². The highest BCUT2D eigenvalue weighted by atomic mass is 35.5. The summed E-state index contributed by atoms with van der Waals surface area (Å²) in [5.41, 5.74) is -0.0913. The van der Waals surface area contributed by atoms with Crippen molar-refractivity contribution >= 4 is 23.4 Å². The molecule has 2 heterocycles. The second-order valence-electron chi connectivity index (χ2n) is 4.02. The lowest BCUT2D eigenvalue weighted by Crippen LogP contribution is -2.45. The van der Waals surface area contributed by atoms with E-state index in [4.69, 9.17) is 21.4 Å². The Labute approximate surface area is 110 Å². The smallest absolute Gasteiger partial charge is 0.354 e. The number of anilines is 1. The fourth-order valence-electron chi connectivity index (χ4n) is 1.96. The maximum atomic E-state index is 10.9. The molecule has 2 rings (SSSR count). The number of aromatic carboxylic acids is 1. The first-order valence-corrected chi connectivity index (χ1v) is 6.12. The third-order valence-electron chi connectivity index (χ3n) is 2.90. The number of morpholine rings is 1. The standard InChI is InChI=1S/C11H14ClN3O3/c1-2-7-6-18-4-3-15(7)9-5-8(10(16)17)13-11(12)14-9/h5,7H,2-4,6H2,1H3,(H,16,17)/t7-/m0/s1. The van der Waals surface area contributed by atoms with Crippen molar-refractivity contribution in [2.75, 3.05) is 24.7 Å². The lowest BCUT2D eigenvalue weighted by Gasteiger charge is -2.36. The number of carbonyl (C=O) groups is 1. The molecule has 98 valence electrons. The Kier molecular flexibility index (Phi) is 3.98. The summed E-state index contributed by atoms with van der Waals surface area (Å²) < 4.78 is 5.40. The van der Waals surface area contributed by atoms with Crippen molar-refractivity contribution in [2.45, 2.75) is 19.4 Å². The zero-order chi connectivity index (χ0) is 13.1. The molecule has 1 aromatic heterocycles. The number of rotatable bonds is 3. The van der Waals surface area contributed by atoms with E-state index < -0.39 is 5.97 Å². The number of aromatic nitrogens is 2. The summed E-state index contributed by atoms with van der Waals surface area (Å²) in [6.45, 7) is 3.93. The van der Waals surface area contributed by atoms with Gasteiger partial charge >= 0.3 is 5.97 Å². The highest BCUT2D eigenvalue weighted by Crippen LogP contribution is 2.21. The predicted octanol–water partition coefficient (Wildman–Crippen LogP) is 1.44. The monoisotopic (exact) mass is 271 g/mol. The third kappa shape index (κ3) is 2.70. The molecule has 6 nitrogen and oxygen atoms in total. The minimum absolute atomic E-state index is 0.0498. The van der Waals surface area contributed by atoms with Gasteiger partial charge < -0.3 is 14.7 Å². The first-order valence-electron chi connectivity index (χ1n) is 5.74. The SMILES string of the molecule is CC[C@H]1COCCN1c1cc(C(=O)O)nc(Cl)n1. The van der Waals surface area contributed by atoms with Gasteiger partial charge in [-0.1, -0.05) is 6.92 Å². The molecule has 1 atom stereocenters. The van der Waals surface area contributed by atoms with E-state index in [-0.39, 0.29) is 17.0 Å². The molecular formula is C11H14ClN3O3. The molecule has 1 N–H and O–H groups in total. The molecule has 1 saturated heterocycles. The summed E-state index contributed by atoms with van der Waals surface area (Å²) in [6.07, 6.45) is 0.893. The lowest BCUT2D eigenvalue weighted by molar-refractivity contribution is 0.0690. The Morgan fingerprint density at radius 1 is 1.67 bits per heavy atom.